The lowest BCUT2D eigenvalue weighted by Gasteiger charge is -2.24. The molecule has 4 heteroatoms. The van der Waals surface area contributed by atoms with Crippen LogP contribution in [0.5, 0.6) is 0 Å². The van der Waals surface area contributed by atoms with Crippen molar-refractivity contribution in [1.82, 2.24) is 0 Å². The molecule has 0 saturated carbocycles. The standard InChI is InChI=1S/C19H17NO3/c1-13(19(22)23-3)17(14-7-5-4-6-8-14)18(21)15-9-11-16(20-2)12-10-15/h4-12,17-18,21H,1H2,3H3/t17-,18+/m0/s1. The second-order valence-corrected chi connectivity index (χ2v) is 5.05. The third-order valence-corrected chi connectivity index (χ3v) is 3.66. The minimum atomic E-state index is -0.969. The van der Waals surface area contributed by atoms with Crippen LogP contribution in [0.4, 0.5) is 5.69 Å². The highest BCUT2D eigenvalue weighted by molar-refractivity contribution is 5.89. The molecule has 0 spiro atoms. The monoisotopic (exact) mass is 307 g/mol. The Hall–Kier alpha value is -2.90. The Morgan fingerprint density at radius 2 is 1.74 bits per heavy atom. The summed E-state index contributed by atoms with van der Waals surface area (Å²) in [6.45, 7) is 10.8. The molecule has 2 aromatic carbocycles. The molecule has 0 aliphatic rings. The molecule has 2 rings (SSSR count). The maximum atomic E-state index is 11.9. The van der Waals surface area contributed by atoms with Crippen molar-refractivity contribution in [3.05, 3.63) is 89.3 Å². The first-order valence-corrected chi connectivity index (χ1v) is 7.06. The summed E-state index contributed by atoms with van der Waals surface area (Å²) in [6, 6.07) is 15.8. The van der Waals surface area contributed by atoms with E-state index in [4.69, 9.17) is 11.3 Å². The predicted octanol–water partition coefficient (Wildman–Crippen LogP) is 3.78. The summed E-state index contributed by atoms with van der Waals surface area (Å²) in [7, 11) is 1.28. The molecule has 0 amide bonds. The summed E-state index contributed by atoms with van der Waals surface area (Å²) in [5.74, 6) is -1.18. The molecule has 0 unspecified atom stereocenters. The third kappa shape index (κ3) is 3.65. The highest BCUT2D eigenvalue weighted by Gasteiger charge is 2.29. The van der Waals surface area contributed by atoms with Crippen LogP contribution in [0, 0.1) is 6.57 Å². The molecule has 0 radical (unpaired) electrons. The van der Waals surface area contributed by atoms with E-state index in [9.17, 15) is 9.90 Å². The van der Waals surface area contributed by atoms with E-state index in [1.54, 1.807) is 24.3 Å². The van der Waals surface area contributed by atoms with Crippen molar-refractivity contribution < 1.29 is 14.6 Å². The number of methoxy groups -OCH3 is 1. The van der Waals surface area contributed by atoms with Gasteiger partial charge >= 0.3 is 5.97 Å². The van der Waals surface area contributed by atoms with Crippen LogP contribution < -0.4 is 0 Å². The van der Waals surface area contributed by atoms with Gasteiger partial charge in [0, 0.05) is 11.5 Å². The number of aliphatic hydroxyl groups is 1. The average molecular weight is 307 g/mol. The molecule has 0 fully saturated rings. The van der Waals surface area contributed by atoms with Gasteiger partial charge in [-0.05, 0) is 11.1 Å². The summed E-state index contributed by atoms with van der Waals surface area (Å²) in [6.07, 6.45) is -0.969. The van der Waals surface area contributed by atoms with Gasteiger partial charge in [0.1, 0.15) is 0 Å². The van der Waals surface area contributed by atoms with E-state index in [1.165, 1.54) is 7.11 Å². The number of aliphatic hydroxyl groups excluding tert-OH is 1. The molecule has 0 saturated heterocycles. The molecule has 2 atom stereocenters. The number of carbonyl (C=O) groups is 1. The van der Waals surface area contributed by atoms with Crippen LogP contribution in [0.15, 0.2) is 66.7 Å². The molecule has 4 nitrogen and oxygen atoms in total. The number of nitrogens with zero attached hydrogens (tertiary/aromatic N) is 1. The van der Waals surface area contributed by atoms with Crippen molar-refractivity contribution in [2.45, 2.75) is 12.0 Å². The van der Waals surface area contributed by atoms with Crippen molar-refractivity contribution in [3.8, 4) is 0 Å². The van der Waals surface area contributed by atoms with Crippen molar-refractivity contribution in [1.29, 1.82) is 0 Å². The Balaban J connectivity index is 2.42. The lowest BCUT2D eigenvalue weighted by atomic mass is 9.84. The van der Waals surface area contributed by atoms with Gasteiger partial charge in [-0.3, -0.25) is 0 Å². The lowest BCUT2D eigenvalue weighted by molar-refractivity contribution is -0.136. The minimum absolute atomic E-state index is 0.181. The number of hydrogen-bond acceptors (Lipinski definition) is 3. The second kappa shape index (κ2) is 7.39. The number of hydrogen-bond donors (Lipinski definition) is 1. The average Bonchev–Trinajstić information content (AvgIpc) is 2.62. The van der Waals surface area contributed by atoms with E-state index < -0.39 is 18.0 Å². The van der Waals surface area contributed by atoms with Crippen LogP contribution in [0.1, 0.15) is 23.1 Å². The van der Waals surface area contributed by atoms with Crippen LogP contribution in [-0.4, -0.2) is 18.2 Å². The summed E-state index contributed by atoms with van der Waals surface area (Å²) < 4.78 is 4.75. The van der Waals surface area contributed by atoms with E-state index in [0.29, 0.717) is 11.3 Å². The van der Waals surface area contributed by atoms with Gasteiger partial charge in [-0.2, -0.15) is 0 Å². The molecule has 0 aliphatic carbocycles. The number of benzene rings is 2. The quantitative estimate of drug-likeness (QED) is 0.519. The zero-order valence-electron chi connectivity index (χ0n) is 12.8. The summed E-state index contributed by atoms with van der Waals surface area (Å²) >= 11 is 0. The highest BCUT2D eigenvalue weighted by Crippen LogP contribution is 2.37. The van der Waals surface area contributed by atoms with Crippen molar-refractivity contribution in [2.24, 2.45) is 0 Å². The predicted molar refractivity (Wildman–Crippen MR) is 88.0 cm³/mol. The second-order valence-electron chi connectivity index (χ2n) is 5.05. The fourth-order valence-corrected chi connectivity index (χ4v) is 2.43. The number of carbonyl (C=O) groups excluding carboxylic acids is 1. The topological polar surface area (TPSA) is 50.9 Å². The van der Waals surface area contributed by atoms with Gasteiger partial charge in [0.15, 0.2) is 5.69 Å². The maximum Gasteiger partial charge on any atom is 0.333 e. The Labute approximate surface area is 135 Å². The van der Waals surface area contributed by atoms with Crippen molar-refractivity contribution >= 4 is 11.7 Å². The van der Waals surface area contributed by atoms with Gasteiger partial charge in [-0.1, -0.05) is 61.2 Å². The molecule has 1 N–H and O–H groups in total. The molecule has 0 aromatic heterocycles. The molecule has 116 valence electrons. The molecule has 0 aliphatic heterocycles. The van der Waals surface area contributed by atoms with Gasteiger partial charge in [-0.25, -0.2) is 9.64 Å². The van der Waals surface area contributed by atoms with Gasteiger partial charge < -0.3 is 9.84 Å². The Morgan fingerprint density at radius 3 is 2.26 bits per heavy atom. The van der Waals surface area contributed by atoms with Crippen molar-refractivity contribution in [2.75, 3.05) is 7.11 Å². The van der Waals surface area contributed by atoms with E-state index in [-0.39, 0.29) is 5.57 Å². The highest BCUT2D eigenvalue weighted by atomic mass is 16.5. The molecule has 23 heavy (non-hydrogen) atoms. The van der Waals surface area contributed by atoms with Gasteiger partial charge in [0.25, 0.3) is 0 Å². The summed E-state index contributed by atoms with van der Waals surface area (Å²) in [4.78, 5) is 15.2. The van der Waals surface area contributed by atoms with E-state index in [1.807, 2.05) is 30.3 Å². The van der Waals surface area contributed by atoms with Gasteiger partial charge in [0.2, 0.25) is 0 Å². The lowest BCUT2D eigenvalue weighted by Crippen LogP contribution is -2.19. The van der Waals surface area contributed by atoms with Crippen LogP contribution in [0.25, 0.3) is 4.85 Å². The zero-order valence-corrected chi connectivity index (χ0v) is 12.8. The number of rotatable bonds is 5. The molecular formula is C19H17NO3. The van der Waals surface area contributed by atoms with Crippen LogP contribution in [0.3, 0.4) is 0 Å². The number of esters is 1. The summed E-state index contributed by atoms with van der Waals surface area (Å²) in [5.41, 5.74) is 2.05. The largest absolute Gasteiger partial charge is 0.466 e. The molecule has 0 bridgehead atoms. The number of ether oxygens (including phenoxy) is 1. The fraction of sp³-hybridized carbons (Fsp3) is 0.158. The third-order valence-electron chi connectivity index (χ3n) is 3.66. The molecule has 0 heterocycles. The Morgan fingerprint density at radius 1 is 1.13 bits per heavy atom. The minimum Gasteiger partial charge on any atom is -0.466 e. The van der Waals surface area contributed by atoms with Crippen LogP contribution in [0.2, 0.25) is 0 Å². The SMILES string of the molecule is [C-]#[N+]c1ccc([C@@H](O)[C@@H](C(=C)C(=O)OC)c2ccccc2)cc1. The molecular weight excluding hydrogens is 290 g/mol. The smallest absolute Gasteiger partial charge is 0.333 e. The van der Waals surface area contributed by atoms with E-state index in [0.717, 1.165) is 5.56 Å². The normalized spacial score (nSPS) is 12.7. The van der Waals surface area contributed by atoms with Crippen LogP contribution >= 0.6 is 0 Å². The first kappa shape index (κ1) is 16.5. The first-order chi connectivity index (χ1) is 11.1. The van der Waals surface area contributed by atoms with Gasteiger partial charge in [-0.15, -0.1) is 0 Å². The Kier molecular flexibility index (Phi) is 5.29. The first-order valence-electron chi connectivity index (χ1n) is 7.06. The fourth-order valence-electron chi connectivity index (χ4n) is 2.43. The van der Waals surface area contributed by atoms with Crippen LogP contribution in [-0.2, 0) is 9.53 Å². The zero-order chi connectivity index (χ0) is 16.8. The van der Waals surface area contributed by atoms with Crippen molar-refractivity contribution in [3.63, 3.8) is 0 Å². The van der Waals surface area contributed by atoms with Gasteiger partial charge in [0.05, 0.1) is 19.8 Å². The summed E-state index contributed by atoms with van der Waals surface area (Å²) in [5, 5.41) is 10.8. The maximum absolute atomic E-state index is 11.9. The van der Waals surface area contributed by atoms with E-state index in [2.05, 4.69) is 11.4 Å². The Bertz CT molecular complexity index is 729. The molecule has 2 aromatic rings. The van der Waals surface area contributed by atoms with E-state index >= 15 is 0 Å².